The van der Waals surface area contributed by atoms with Gasteiger partial charge in [-0.2, -0.15) is 0 Å². The minimum absolute atomic E-state index is 0.261. The first-order valence-electron chi connectivity index (χ1n) is 12.5. The van der Waals surface area contributed by atoms with Crippen molar-refractivity contribution in [3.05, 3.63) is 101 Å². The Labute approximate surface area is 223 Å². The van der Waals surface area contributed by atoms with Gasteiger partial charge in [0, 0.05) is 61.1 Å². The van der Waals surface area contributed by atoms with Crippen LogP contribution in [-0.2, 0) is 11.3 Å². The summed E-state index contributed by atoms with van der Waals surface area (Å²) in [5.41, 5.74) is 3.92. The minimum atomic E-state index is -0.835. The number of hydrogen-bond donors (Lipinski definition) is 2. The Morgan fingerprint density at radius 3 is 2.58 bits per heavy atom. The zero-order valence-corrected chi connectivity index (χ0v) is 21.4. The van der Waals surface area contributed by atoms with Gasteiger partial charge < -0.3 is 15.1 Å². The van der Waals surface area contributed by atoms with E-state index in [9.17, 15) is 9.59 Å². The minimum Gasteiger partial charge on any atom is -0.369 e. The molecule has 38 heavy (non-hydrogen) atoms. The molecule has 6 rings (SSSR count). The molecule has 0 radical (unpaired) electrons. The summed E-state index contributed by atoms with van der Waals surface area (Å²) in [5, 5.41) is 8.40. The first-order valence-corrected chi connectivity index (χ1v) is 13.4. The molecule has 1 fully saturated rings. The highest BCUT2D eigenvalue weighted by Gasteiger charge is 2.38. The first kappa shape index (κ1) is 24.3. The highest BCUT2D eigenvalue weighted by molar-refractivity contribution is 7.13. The highest BCUT2D eigenvalue weighted by Crippen LogP contribution is 2.36. The largest absolute Gasteiger partial charge is 0.369 e. The number of carbonyl (C=O) groups excluding carboxylic acids is 2. The standard InChI is InChI=1S/C29H26FN5O2S/c30-25-17-22(34-13-10-31-11-14-34)8-9-23(25)20-6-7-21-18-35(28(37)24(21)16-20)26(19-4-2-1-3-5-19)27(36)33-29-32-12-15-38-29/h1-9,12,15-17,26,31H,10-11,13-14,18H2,(H,32,33,36)/t26-/m1/s1. The smallest absolute Gasteiger partial charge is 0.255 e. The number of hydrogen-bond acceptors (Lipinski definition) is 6. The molecule has 9 heteroatoms. The van der Waals surface area contributed by atoms with E-state index in [0.29, 0.717) is 27.4 Å². The molecule has 1 aromatic heterocycles. The van der Waals surface area contributed by atoms with Crippen LogP contribution < -0.4 is 15.5 Å². The lowest BCUT2D eigenvalue weighted by Crippen LogP contribution is -2.43. The summed E-state index contributed by atoms with van der Waals surface area (Å²) in [6, 6.07) is 19.1. The number of piperazine rings is 1. The van der Waals surface area contributed by atoms with Gasteiger partial charge in [-0.25, -0.2) is 9.37 Å². The molecular weight excluding hydrogens is 501 g/mol. The predicted molar refractivity (Wildman–Crippen MR) is 147 cm³/mol. The quantitative estimate of drug-likeness (QED) is 0.380. The number of thiazole rings is 1. The van der Waals surface area contributed by atoms with Crippen LogP contribution >= 0.6 is 11.3 Å². The maximum atomic E-state index is 15.3. The molecule has 2 N–H and O–H groups in total. The van der Waals surface area contributed by atoms with E-state index in [1.165, 1.54) is 11.3 Å². The lowest BCUT2D eigenvalue weighted by Gasteiger charge is -2.29. The van der Waals surface area contributed by atoms with Crippen LogP contribution in [0.15, 0.2) is 78.3 Å². The zero-order valence-electron chi connectivity index (χ0n) is 20.6. The number of carbonyl (C=O) groups is 2. The van der Waals surface area contributed by atoms with Gasteiger partial charge in [0.25, 0.3) is 11.8 Å². The third-order valence-corrected chi connectivity index (χ3v) is 7.71. The molecule has 0 bridgehead atoms. The van der Waals surface area contributed by atoms with E-state index in [1.807, 2.05) is 48.5 Å². The van der Waals surface area contributed by atoms with E-state index in [1.54, 1.807) is 34.7 Å². The van der Waals surface area contributed by atoms with Crippen molar-refractivity contribution in [3.8, 4) is 11.1 Å². The Hall–Kier alpha value is -4.08. The maximum Gasteiger partial charge on any atom is 0.255 e. The second-order valence-electron chi connectivity index (χ2n) is 9.35. The summed E-state index contributed by atoms with van der Waals surface area (Å²) in [5.74, 6) is -0.918. The number of nitrogens with zero attached hydrogens (tertiary/aromatic N) is 3. The Kier molecular flexibility index (Phi) is 6.61. The molecule has 0 unspecified atom stereocenters. The van der Waals surface area contributed by atoms with Gasteiger partial charge in [0.05, 0.1) is 0 Å². The second kappa shape index (κ2) is 10.4. The normalized spacial score (nSPS) is 15.9. The van der Waals surface area contributed by atoms with Crippen molar-refractivity contribution in [3.63, 3.8) is 0 Å². The number of nitrogens with one attached hydrogen (secondary N) is 2. The van der Waals surface area contributed by atoms with E-state index in [-0.39, 0.29) is 24.2 Å². The van der Waals surface area contributed by atoms with Gasteiger partial charge in [0.2, 0.25) is 0 Å². The Balaban J connectivity index is 1.29. The van der Waals surface area contributed by atoms with E-state index in [4.69, 9.17) is 0 Å². The van der Waals surface area contributed by atoms with Crippen molar-refractivity contribution < 1.29 is 14.0 Å². The summed E-state index contributed by atoms with van der Waals surface area (Å²) in [6.07, 6.45) is 1.62. The zero-order chi connectivity index (χ0) is 26.1. The topological polar surface area (TPSA) is 77.6 Å². The van der Waals surface area contributed by atoms with Gasteiger partial charge in [-0.3, -0.25) is 14.9 Å². The van der Waals surface area contributed by atoms with Crippen molar-refractivity contribution in [2.45, 2.75) is 12.6 Å². The molecule has 3 heterocycles. The molecule has 4 aromatic rings. The summed E-state index contributed by atoms with van der Waals surface area (Å²) >= 11 is 1.32. The average molecular weight is 528 g/mol. The van der Waals surface area contributed by atoms with Crippen LogP contribution in [0.4, 0.5) is 15.2 Å². The van der Waals surface area contributed by atoms with E-state index >= 15 is 4.39 Å². The highest BCUT2D eigenvalue weighted by atomic mass is 32.1. The number of fused-ring (bicyclic) bond motifs is 1. The van der Waals surface area contributed by atoms with Crippen LogP contribution in [0.5, 0.6) is 0 Å². The monoisotopic (exact) mass is 527 g/mol. The van der Waals surface area contributed by atoms with Gasteiger partial charge in [0.1, 0.15) is 11.9 Å². The van der Waals surface area contributed by atoms with E-state index in [0.717, 1.165) is 37.4 Å². The van der Waals surface area contributed by atoms with Crippen LogP contribution in [0.2, 0.25) is 0 Å². The third kappa shape index (κ3) is 4.66. The van der Waals surface area contributed by atoms with Crippen LogP contribution in [0.3, 0.4) is 0 Å². The molecule has 2 amide bonds. The molecule has 3 aromatic carbocycles. The number of benzene rings is 3. The first-order chi connectivity index (χ1) is 18.6. The van der Waals surface area contributed by atoms with E-state index in [2.05, 4.69) is 20.5 Å². The fourth-order valence-electron chi connectivity index (χ4n) is 5.12. The van der Waals surface area contributed by atoms with Crippen LogP contribution in [0.1, 0.15) is 27.5 Å². The number of anilines is 2. The van der Waals surface area contributed by atoms with Crippen LogP contribution in [0, 0.1) is 5.82 Å². The molecule has 0 spiro atoms. The molecule has 7 nitrogen and oxygen atoms in total. The van der Waals surface area contributed by atoms with Crippen molar-refractivity contribution in [2.24, 2.45) is 0 Å². The second-order valence-corrected chi connectivity index (χ2v) is 10.2. The number of halogens is 1. The van der Waals surface area contributed by atoms with Crippen LogP contribution in [-0.4, -0.2) is 47.9 Å². The Bertz CT molecular complexity index is 1470. The van der Waals surface area contributed by atoms with Gasteiger partial charge >= 0.3 is 0 Å². The van der Waals surface area contributed by atoms with Gasteiger partial charge in [-0.1, -0.05) is 42.5 Å². The number of aromatic nitrogens is 1. The molecule has 1 saturated heterocycles. The molecule has 0 aliphatic carbocycles. The Morgan fingerprint density at radius 2 is 1.84 bits per heavy atom. The number of rotatable bonds is 6. The fourth-order valence-corrected chi connectivity index (χ4v) is 5.66. The lowest BCUT2D eigenvalue weighted by atomic mass is 9.99. The van der Waals surface area contributed by atoms with Gasteiger partial charge in [0.15, 0.2) is 5.13 Å². The van der Waals surface area contributed by atoms with E-state index < -0.39 is 6.04 Å². The van der Waals surface area contributed by atoms with Crippen molar-refractivity contribution in [1.29, 1.82) is 0 Å². The van der Waals surface area contributed by atoms with Crippen molar-refractivity contribution in [1.82, 2.24) is 15.2 Å². The molecule has 2 aliphatic heterocycles. The summed E-state index contributed by atoms with van der Waals surface area (Å²) in [7, 11) is 0. The summed E-state index contributed by atoms with van der Waals surface area (Å²) < 4.78 is 15.3. The molecule has 0 saturated carbocycles. The predicted octanol–water partition coefficient (Wildman–Crippen LogP) is 4.69. The molecule has 2 aliphatic rings. The van der Waals surface area contributed by atoms with Crippen molar-refractivity contribution >= 4 is 34.0 Å². The van der Waals surface area contributed by atoms with Crippen LogP contribution in [0.25, 0.3) is 11.1 Å². The number of amides is 2. The lowest BCUT2D eigenvalue weighted by molar-refractivity contribution is -0.120. The molecule has 192 valence electrons. The summed E-state index contributed by atoms with van der Waals surface area (Å²) in [6.45, 7) is 3.70. The SMILES string of the molecule is O=C(Nc1nccs1)[C@@H](c1ccccc1)N1Cc2ccc(-c3ccc(N4CCNCC4)cc3F)cc2C1=O. The average Bonchev–Trinajstić information content (AvgIpc) is 3.57. The molecule has 1 atom stereocenters. The third-order valence-electron chi connectivity index (χ3n) is 7.03. The Morgan fingerprint density at radius 1 is 1.03 bits per heavy atom. The van der Waals surface area contributed by atoms with Crippen molar-refractivity contribution in [2.75, 3.05) is 36.4 Å². The summed E-state index contributed by atoms with van der Waals surface area (Å²) in [4.78, 5) is 34.9. The van der Waals surface area contributed by atoms with Gasteiger partial charge in [-0.05, 0) is 41.0 Å². The fraction of sp³-hybridized carbons (Fsp3) is 0.207. The maximum absolute atomic E-state index is 15.3. The molecular formula is C29H26FN5O2S. The van der Waals surface area contributed by atoms with Gasteiger partial charge in [-0.15, -0.1) is 11.3 Å².